The minimum absolute atomic E-state index is 0.207. The quantitative estimate of drug-likeness (QED) is 0.624. The molecule has 0 spiro atoms. The number of carbonyl (C=O) groups excluding carboxylic acids is 1. The van der Waals surface area contributed by atoms with E-state index in [2.05, 4.69) is 25.7 Å². The number of rotatable bonds is 6. The number of aryl methyl sites for hydroxylation is 1. The number of primary amides is 1. The van der Waals surface area contributed by atoms with Crippen molar-refractivity contribution >= 4 is 35.0 Å². The van der Waals surface area contributed by atoms with Gasteiger partial charge in [0.25, 0.3) is 5.91 Å². The molecule has 8 nitrogen and oxygen atoms in total. The van der Waals surface area contributed by atoms with Gasteiger partial charge in [-0.25, -0.2) is 4.98 Å². The molecule has 0 saturated heterocycles. The van der Waals surface area contributed by atoms with E-state index in [-0.39, 0.29) is 5.56 Å². The first kappa shape index (κ1) is 16.7. The first-order chi connectivity index (χ1) is 12.0. The third-order valence-corrected chi connectivity index (χ3v) is 3.60. The lowest BCUT2D eigenvalue weighted by Gasteiger charge is -2.11. The molecule has 9 heteroatoms. The topological polar surface area (TPSA) is 111 Å². The second-order valence-corrected chi connectivity index (χ2v) is 5.77. The maximum atomic E-state index is 11.6. The summed E-state index contributed by atoms with van der Waals surface area (Å²) in [6, 6.07) is 7.39. The molecule has 1 aromatic carbocycles. The van der Waals surface area contributed by atoms with E-state index in [1.807, 2.05) is 18.2 Å². The summed E-state index contributed by atoms with van der Waals surface area (Å²) in [5.74, 6) is 0.0574. The van der Waals surface area contributed by atoms with Gasteiger partial charge in [0, 0.05) is 31.0 Å². The number of halogens is 1. The average Bonchev–Trinajstić information content (AvgIpc) is 2.98. The molecule has 0 saturated carbocycles. The predicted octanol–water partition coefficient (Wildman–Crippen LogP) is 2.32. The van der Waals surface area contributed by atoms with Crippen molar-refractivity contribution in [3.63, 3.8) is 0 Å². The number of hydrogen-bond acceptors (Lipinski definition) is 6. The van der Waals surface area contributed by atoms with Gasteiger partial charge in [-0.05, 0) is 17.7 Å². The molecule has 0 radical (unpaired) electrons. The maximum absolute atomic E-state index is 11.6. The molecule has 2 aromatic heterocycles. The lowest BCUT2D eigenvalue weighted by molar-refractivity contribution is 0.100. The van der Waals surface area contributed by atoms with Crippen LogP contribution in [0.1, 0.15) is 15.9 Å². The summed E-state index contributed by atoms with van der Waals surface area (Å²) in [6.07, 6.45) is 4.81. The van der Waals surface area contributed by atoms with E-state index in [0.717, 1.165) is 11.3 Å². The minimum atomic E-state index is -0.610. The van der Waals surface area contributed by atoms with Crippen molar-refractivity contribution in [2.75, 3.05) is 10.6 Å². The Morgan fingerprint density at radius 1 is 1.36 bits per heavy atom. The Balaban J connectivity index is 1.81. The second kappa shape index (κ2) is 7.18. The molecule has 0 aliphatic heterocycles. The van der Waals surface area contributed by atoms with E-state index in [9.17, 15) is 4.79 Å². The molecule has 2 heterocycles. The van der Waals surface area contributed by atoms with Crippen LogP contribution in [-0.2, 0) is 13.6 Å². The summed E-state index contributed by atoms with van der Waals surface area (Å²) in [5.41, 5.74) is 7.29. The van der Waals surface area contributed by atoms with E-state index in [4.69, 9.17) is 17.3 Å². The van der Waals surface area contributed by atoms with Crippen LogP contribution < -0.4 is 16.4 Å². The van der Waals surface area contributed by atoms with Gasteiger partial charge in [0.2, 0.25) is 5.95 Å². The number of carbonyl (C=O) groups is 1. The molecule has 0 bridgehead atoms. The molecule has 1 amide bonds. The fraction of sp³-hybridized carbons (Fsp3) is 0.125. The molecule has 0 aliphatic rings. The summed E-state index contributed by atoms with van der Waals surface area (Å²) in [4.78, 5) is 20.1. The normalized spacial score (nSPS) is 10.5. The third kappa shape index (κ3) is 4.24. The first-order valence-corrected chi connectivity index (χ1v) is 7.80. The van der Waals surface area contributed by atoms with Crippen molar-refractivity contribution in [1.82, 2.24) is 19.7 Å². The Bertz CT molecular complexity index is 909. The molecule has 25 heavy (non-hydrogen) atoms. The standard InChI is InChI=1S/C16H16ClN7O/c1-24-9-12(7-21-24)22-16-20-8-13(14(18)25)15(23-16)19-6-10-3-2-4-11(17)5-10/h2-5,7-9H,6H2,1H3,(H2,18,25)(H2,19,20,22,23). The SMILES string of the molecule is Cn1cc(Nc2ncc(C(N)=O)c(NCc3cccc(Cl)c3)n2)cn1. The Kier molecular flexibility index (Phi) is 4.80. The van der Waals surface area contributed by atoms with Gasteiger partial charge in [-0.1, -0.05) is 23.7 Å². The van der Waals surface area contributed by atoms with Gasteiger partial charge in [-0.3, -0.25) is 9.48 Å². The number of nitrogens with one attached hydrogen (secondary N) is 2. The molecular weight excluding hydrogens is 342 g/mol. The predicted molar refractivity (Wildman–Crippen MR) is 95.8 cm³/mol. The van der Waals surface area contributed by atoms with Gasteiger partial charge in [-0.15, -0.1) is 0 Å². The van der Waals surface area contributed by atoms with Gasteiger partial charge < -0.3 is 16.4 Å². The van der Waals surface area contributed by atoms with E-state index in [1.165, 1.54) is 6.20 Å². The van der Waals surface area contributed by atoms with E-state index in [1.54, 1.807) is 30.2 Å². The summed E-state index contributed by atoms with van der Waals surface area (Å²) in [7, 11) is 1.81. The van der Waals surface area contributed by atoms with Gasteiger partial charge in [-0.2, -0.15) is 10.1 Å². The summed E-state index contributed by atoms with van der Waals surface area (Å²) >= 11 is 5.98. The highest BCUT2D eigenvalue weighted by Gasteiger charge is 2.12. The zero-order valence-electron chi connectivity index (χ0n) is 13.4. The molecule has 3 aromatic rings. The van der Waals surface area contributed by atoms with E-state index in [0.29, 0.717) is 23.3 Å². The number of benzene rings is 1. The minimum Gasteiger partial charge on any atom is -0.365 e. The van der Waals surface area contributed by atoms with E-state index >= 15 is 0 Å². The van der Waals surface area contributed by atoms with Crippen LogP contribution in [0.5, 0.6) is 0 Å². The van der Waals surface area contributed by atoms with Crippen LogP contribution in [0.3, 0.4) is 0 Å². The summed E-state index contributed by atoms with van der Waals surface area (Å²) in [6.45, 7) is 0.435. The number of nitrogens with zero attached hydrogens (tertiary/aromatic N) is 4. The fourth-order valence-corrected chi connectivity index (χ4v) is 2.42. The van der Waals surface area contributed by atoms with Crippen LogP contribution in [0.15, 0.2) is 42.9 Å². The average molecular weight is 358 g/mol. The highest BCUT2D eigenvalue weighted by atomic mass is 35.5. The van der Waals surface area contributed by atoms with Crippen LogP contribution in [-0.4, -0.2) is 25.7 Å². The Hall–Kier alpha value is -3.13. The lowest BCUT2D eigenvalue weighted by Crippen LogP contribution is -2.17. The monoisotopic (exact) mass is 357 g/mol. The highest BCUT2D eigenvalue weighted by molar-refractivity contribution is 6.30. The zero-order chi connectivity index (χ0) is 17.8. The van der Waals surface area contributed by atoms with Crippen molar-refractivity contribution in [2.24, 2.45) is 12.8 Å². The molecular formula is C16H16ClN7O. The van der Waals surface area contributed by atoms with Crippen molar-refractivity contribution in [2.45, 2.75) is 6.54 Å². The summed E-state index contributed by atoms with van der Waals surface area (Å²) in [5, 5.41) is 10.8. The van der Waals surface area contributed by atoms with E-state index < -0.39 is 5.91 Å². The van der Waals surface area contributed by atoms with Gasteiger partial charge in [0.15, 0.2) is 0 Å². The molecule has 0 atom stereocenters. The molecule has 128 valence electrons. The maximum Gasteiger partial charge on any atom is 0.254 e. The molecule has 4 N–H and O–H groups in total. The summed E-state index contributed by atoms with van der Waals surface area (Å²) < 4.78 is 1.65. The second-order valence-electron chi connectivity index (χ2n) is 5.33. The van der Waals surface area contributed by atoms with Crippen molar-refractivity contribution in [3.05, 3.63) is 59.0 Å². The smallest absolute Gasteiger partial charge is 0.254 e. The Morgan fingerprint density at radius 2 is 2.20 bits per heavy atom. The number of hydrogen-bond donors (Lipinski definition) is 3. The van der Waals surface area contributed by atoms with Crippen molar-refractivity contribution < 1.29 is 4.79 Å². The Labute approximate surface area is 149 Å². The number of nitrogens with two attached hydrogens (primary N) is 1. The zero-order valence-corrected chi connectivity index (χ0v) is 14.2. The number of aromatic nitrogens is 4. The van der Waals surface area contributed by atoms with Crippen molar-refractivity contribution in [3.8, 4) is 0 Å². The number of anilines is 3. The largest absolute Gasteiger partial charge is 0.365 e. The van der Waals surface area contributed by atoms with Gasteiger partial charge >= 0.3 is 0 Å². The van der Waals surface area contributed by atoms with Crippen LogP contribution in [0.2, 0.25) is 5.02 Å². The fourth-order valence-electron chi connectivity index (χ4n) is 2.20. The molecule has 0 fully saturated rings. The van der Waals surface area contributed by atoms with Crippen LogP contribution in [0.4, 0.5) is 17.5 Å². The molecule has 0 aliphatic carbocycles. The van der Waals surface area contributed by atoms with Crippen LogP contribution >= 0.6 is 11.6 Å². The molecule has 3 rings (SSSR count). The first-order valence-electron chi connectivity index (χ1n) is 7.42. The molecule has 0 unspecified atom stereocenters. The van der Waals surface area contributed by atoms with Gasteiger partial charge in [0.05, 0.1) is 17.4 Å². The van der Waals surface area contributed by atoms with Crippen LogP contribution in [0.25, 0.3) is 0 Å². The van der Waals surface area contributed by atoms with Gasteiger partial charge in [0.1, 0.15) is 5.82 Å². The lowest BCUT2D eigenvalue weighted by atomic mass is 10.2. The highest BCUT2D eigenvalue weighted by Crippen LogP contribution is 2.18. The Morgan fingerprint density at radius 3 is 2.88 bits per heavy atom. The number of amides is 1. The van der Waals surface area contributed by atoms with Crippen LogP contribution in [0, 0.1) is 0 Å². The third-order valence-electron chi connectivity index (χ3n) is 3.36. The van der Waals surface area contributed by atoms with Crippen molar-refractivity contribution in [1.29, 1.82) is 0 Å².